The number of nitrogens with one attached hydrogen (secondary N) is 1. The zero-order valence-corrected chi connectivity index (χ0v) is 15.0. The van der Waals surface area contributed by atoms with E-state index in [0.29, 0.717) is 24.5 Å². The summed E-state index contributed by atoms with van der Waals surface area (Å²) in [6, 6.07) is 12.6. The quantitative estimate of drug-likeness (QED) is 0.847. The first-order valence-electron chi connectivity index (χ1n) is 8.94. The molecule has 6 heteroatoms. The largest absolute Gasteiger partial charge is 0.454 e. The van der Waals surface area contributed by atoms with E-state index in [1.54, 1.807) is 11.0 Å². The van der Waals surface area contributed by atoms with Crippen molar-refractivity contribution in [2.45, 2.75) is 19.4 Å². The molecule has 2 amide bonds. The van der Waals surface area contributed by atoms with Gasteiger partial charge in [0, 0.05) is 24.7 Å². The molecule has 0 fully saturated rings. The number of ether oxygens (including phenoxy) is 2. The third kappa shape index (κ3) is 3.26. The predicted octanol–water partition coefficient (Wildman–Crippen LogP) is 2.52. The van der Waals surface area contributed by atoms with Crippen molar-refractivity contribution < 1.29 is 19.1 Å². The Balaban J connectivity index is 1.59. The molecule has 0 saturated carbocycles. The highest BCUT2D eigenvalue weighted by atomic mass is 16.7. The van der Waals surface area contributed by atoms with E-state index < -0.39 is 6.04 Å². The Kier molecular flexibility index (Phi) is 4.54. The Morgan fingerprint density at radius 1 is 1.19 bits per heavy atom. The number of amides is 2. The van der Waals surface area contributed by atoms with Crippen molar-refractivity contribution >= 4 is 23.6 Å². The van der Waals surface area contributed by atoms with E-state index in [1.165, 1.54) is 6.08 Å². The second-order valence-electron chi connectivity index (χ2n) is 6.40. The van der Waals surface area contributed by atoms with Gasteiger partial charge in [0.15, 0.2) is 11.5 Å². The molecule has 1 unspecified atom stereocenters. The Morgan fingerprint density at radius 3 is 2.85 bits per heavy atom. The lowest BCUT2D eigenvalue weighted by Crippen LogP contribution is -2.47. The number of hydrogen-bond donors (Lipinski definition) is 1. The van der Waals surface area contributed by atoms with E-state index in [1.807, 2.05) is 49.4 Å². The molecule has 4 rings (SSSR count). The number of benzene rings is 2. The van der Waals surface area contributed by atoms with E-state index in [9.17, 15) is 9.59 Å². The summed E-state index contributed by atoms with van der Waals surface area (Å²) < 4.78 is 10.7. The molecule has 138 valence electrons. The molecule has 2 aliphatic rings. The second kappa shape index (κ2) is 7.15. The minimum absolute atomic E-state index is 0.140. The van der Waals surface area contributed by atoms with Crippen molar-refractivity contribution in [3.63, 3.8) is 0 Å². The Hall–Kier alpha value is -3.28. The fourth-order valence-electron chi connectivity index (χ4n) is 3.42. The molecular weight excluding hydrogens is 344 g/mol. The summed E-state index contributed by atoms with van der Waals surface area (Å²) in [5, 5.41) is 2.82. The standard InChI is InChI=1S/C21H20N2O4/c1-2-22-21(25)17-12-15-5-3-4-6-16(15)23(17)20(24)10-8-14-7-9-18-19(11-14)27-13-26-18/h3-11,17H,2,12-13H2,1H3,(H,22,25). The SMILES string of the molecule is CCNC(=O)C1Cc2ccccc2N1C(=O)C=Cc1ccc2c(c1)OCO2. The van der Waals surface area contributed by atoms with Crippen LogP contribution in [0.3, 0.4) is 0 Å². The molecule has 0 bridgehead atoms. The molecule has 6 nitrogen and oxygen atoms in total. The zero-order chi connectivity index (χ0) is 18.8. The molecule has 0 aromatic heterocycles. The predicted molar refractivity (Wildman–Crippen MR) is 102 cm³/mol. The van der Waals surface area contributed by atoms with Gasteiger partial charge < -0.3 is 14.8 Å². The van der Waals surface area contributed by atoms with Gasteiger partial charge in [0.2, 0.25) is 12.7 Å². The van der Waals surface area contributed by atoms with Gasteiger partial charge >= 0.3 is 0 Å². The van der Waals surface area contributed by atoms with Crippen LogP contribution >= 0.6 is 0 Å². The van der Waals surface area contributed by atoms with Crippen LogP contribution in [0.25, 0.3) is 6.08 Å². The van der Waals surface area contributed by atoms with Crippen molar-refractivity contribution in [2.24, 2.45) is 0 Å². The van der Waals surface area contributed by atoms with Crippen molar-refractivity contribution in [1.82, 2.24) is 5.32 Å². The molecule has 1 atom stereocenters. The number of likely N-dealkylation sites (N-methyl/N-ethyl adjacent to an activating group) is 1. The maximum absolute atomic E-state index is 12.9. The molecule has 2 aliphatic heterocycles. The summed E-state index contributed by atoms with van der Waals surface area (Å²) in [5.74, 6) is 0.993. The lowest BCUT2D eigenvalue weighted by atomic mass is 10.1. The molecule has 2 aromatic rings. The van der Waals surface area contributed by atoms with Crippen LogP contribution in [0, 0.1) is 0 Å². The summed E-state index contributed by atoms with van der Waals surface area (Å²) in [5.41, 5.74) is 2.61. The first-order valence-corrected chi connectivity index (χ1v) is 8.94. The number of carbonyl (C=O) groups excluding carboxylic acids is 2. The molecule has 0 saturated heterocycles. The van der Waals surface area contributed by atoms with Gasteiger partial charge in [0.05, 0.1) is 0 Å². The molecule has 0 radical (unpaired) electrons. The molecule has 1 N–H and O–H groups in total. The summed E-state index contributed by atoms with van der Waals surface area (Å²) in [7, 11) is 0. The monoisotopic (exact) mass is 364 g/mol. The van der Waals surface area contributed by atoms with Crippen LogP contribution in [-0.4, -0.2) is 31.2 Å². The lowest BCUT2D eigenvalue weighted by Gasteiger charge is -2.23. The third-order valence-electron chi connectivity index (χ3n) is 4.68. The van der Waals surface area contributed by atoms with Crippen LogP contribution in [0.5, 0.6) is 11.5 Å². The maximum atomic E-state index is 12.9. The van der Waals surface area contributed by atoms with E-state index in [0.717, 1.165) is 16.8 Å². The third-order valence-corrected chi connectivity index (χ3v) is 4.68. The highest BCUT2D eigenvalue weighted by Crippen LogP contribution is 2.34. The average molecular weight is 364 g/mol. The Bertz CT molecular complexity index is 922. The Labute approximate surface area is 157 Å². The fourth-order valence-corrected chi connectivity index (χ4v) is 3.42. The average Bonchev–Trinajstić information content (AvgIpc) is 3.30. The van der Waals surface area contributed by atoms with Crippen molar-refractivity contribution in [3.8, 4) is 11.5 Å². The van der Waals surface area contributed by atoms with Gasteiger partial charge in [-0.15, -0.1) is 0 Å². The number of para-hydroxylation sites is 1. The van der Waals surface area contributed by atoms with Gasteiger partial charge in [0.25, 0.3) is 5.91 Å². The number of nitrogens with zero attached hydrogens (tertiary/aromatic N) is 1. The summed E-state index contributed by atoms with van der Waals surface area (Å²) >= 11 is 0. The first-order chi connectivity index (χ1) is 13.2. The normalized spacial score (nSPS) is 17.2. The van der Waals surface area contributed by atoms with E-state index in [2.05, 4.69) is 5.32 Å². The topological polar surface area (TPSA) is 67.9 Å². The second-order valence-corrected chi connectivity index (χ2v) is 6.40. The fraction of sp³-hybridized carbons (Fsp3) is 0.238. The summed E-state index contributed by atoms with van der Waals surface area (Å²) in [6.07, 6.45) is 3.73. The highest BCUT2D eigenvalue weighted by Gasteiger charge is 2.37. The van der Waals surface area contributed by atoms with Crippen LogP contribution in [0.2, 0.25) is 0 Å². The highest BCUT2D eigenvalue weighted by molar-refractivity contribution is 6.09. The van der Waals surface area contributed by atoms with Crippen molar-refractivity contribution in [3.05, 3.63) is 59.7 Å². The van der Waals surface area contributed by atoms with Gasteiger partial charge in [-0.05, 0) is 42.3 Å². The number of rotatable bonds is 4. The van der Waals surface area contributed by atoms with Gasteiger partial charge in [0.1, 0.15) is 6.04 Å². The molecule has 0 aliphatic carbocycles. The number of fused-ring (bicyclic) bond motifs is 2. The van der Waals surface area contributed by atoms with Crippen LogP contribution in [0.1, 0.15) is 18.1 Å². The van der Waals surface area contributed by atoms with Crippen LogP contribution in [0.15, 0.2) is 48.5 Å². The maximum Gasteiger partial charge on any atom is 0.251 e. The first kappa shape index (κ1) is 17.1. The van der Waals surface area contributed by atoms with E-state index in [-0.39, 0.29) is 18.6 Å². The van der Waals surface area contributed by atoms with Crippen molar-refractivity contribution in [1.29, 1.82) is 0 Å². The van der Waals surface area contributed by atoms with Gasteiger partial charge in [-0.1, -0.05) is 24.3 Å². The molecule has 0 spiro atoms. The molecule has 2 aromatic carbocycles. The lowest BCUT2D eigenvalue weighted by molar-refractivity contribution is -0.124. The van der Waals surface area contributed by atoms with E-state index in [4.69, 9.17) is 9.47 Å². The molecule has 27 heavy (non-hydrogen) atoms. The van der Waals surface area contributed by atoms with Crippen LogP contribution < -0.4 is 19.7 Å². The Morgan fingerprint density at radius 2 is 2.00 bits per heavy atom. The summed E-state index contributed by atoms with van der Waals surface area (Å²) in [6.45, 7) is 2.60. The molecule has 2 heterocycles. The van der Waals surface area contributed by atoms with Crippen molar-refractivity contribution in [2.75, 3.05) is 18.2 Å². The number of carbonyl (C=O) groups is 2. The number of hydrogen-bond acceptors (Lipinski definition) is 4. The number of anilines is 1. The van der Waals surface area contributed by atoms with Gasteiger partial charge in [-0.2, -0.15) is 0 Å². The molecular formula is C21H20N2O4. The smallest absolute Gasteiger partial charge is 0.251 e. The van der Waals surface area contributed by atoms with Gasteiger partial charge in [-0.25, -0.2) is 0 Å². The minimum atomic E-state index is -0.531. The van der Waals surface area contributed by atoms with E-state index >= 15 is 0 Å². The zero-order valence-electron chi connectivity index (χ0n) is 15.0. The van der Waals surface area contributed by atoms with Gasteiger partial charge in [-0.3, -0.25) is 14.5 Å². The summed E-state index contributed by atoms with van der Waals surface area (Å²) in [4.78, 5) is 27.0. The van der Waals surface area contributed by atoms with Crippen LogP contribution in [-0.2, 0) is 16.0 Å². The van der Waals surface area contributed by atoms with Crippen LogP contribution in [0.4, 0.5) is 5.69 Å². The minimum Gasteiger partial charge on any atom is -0.454 e.